The molecule has 14 heavy (non-hydrogen) atoms. The van der Waals surface area contributed by atoms with Crippen molar-refractivity contribution in [2.45, 2.75) is 26.3 Å². The summed E-state index contributed by atoms with van der Waals surface area (Å²) in [6, 6.07) is 0. The van der Waals surface area contributed by atoms with Gasteiger partial charge in [-0.25, -0.2) is 0 Å². The fourth-order valence-corrected chi connectivity index (χ4v) is 1.61. The first-order valence-electron chi connectivity index (χ1n) is 4.51. The number of halogens is 2. The Morgan fingerprint density at radius 3 is 2.93 bits per heavy atom. The number of Topliss-reactive ketones (excluding diaryl/α,β-unsaturated/α-hetero) is 1. The van der Waals surface area contributed by atoms with Crippen LogP contribution in [0.1, 0.15) is 30.3 Å². The van der Waals surface area contributed by atoms with Crippen molar-refractivity contribution in [1.29, 1.82) is 0 Å². The summed E-state index contributed by atoms with van der Waals surface area (Å²) >= 11 is 11.4. The smallest absolute Gasteiger partial charge is 0.182 e. The Hall–Kier alpha value is -0.540. The van der Waals surface area contributed by atoms with Gasteiger partial charge < -0.3 is 0 Å². The Kier molecular flexibility index (Phi) is 4.42. The van der Waals surface area contributed by atoms with Crippen molar-refractivity contribution < 1.29 is 4.79 Å². The number of nitrogens with zero attached hydrogens (tertiary/aromatic N) is 2. The SMILES string of the molecule is CCn1ncc(Cl)c1C(=O)CCCCl. The molecule has 0 radical (unpaired) electrons. The molecule has 0 aromatic carbocycles. The molecule has 1 aromatic rings. The molecule has 3 nitrogen and oxygen atoms in total. The molecule has 0 saturated heterocycles. The van der Waals surface area contributed by atoms with Gasteiger partial charge in [-0.2, -0.15) is 5.10 Å². The molecule has 0 saturated carbocycles. The molecule has 0 aliphatic heterocycles. The van der Waals surface area contributed by atoms with Gasteiger partial charge in [0.25, 0.3) is 0 Å². The van der Waals surface area contributed by atoms with E-state index >= 15 is 0 Å². The molecule has 0 aliphatic carbocycles. The number of aromatic nitrogens is 2. The predicted molar refractivity (Wildman–Crippen MR) is 57.2 cm³/mol. The lowest BCUT2D eigenvalue weighted by Gasteiger charge is -2.03. The van der Waals surface area contributed by atoms with Crippen LogP contribution < -0.4 is 0 Å². The highest BCUT2D eigenvalue weighted by Gasteiger charge is 2.15. The van der Waals surface area contributed by atoms with Crippen molar-refractivity contribution in [2.24, 2.45) is 0 Å². The average molecular weight is 235 g/mol. The fourth-order valence-electron chi connectivity index (χ4n) is 1.23. The van der Waals surface area contributed by atoms with Crippen LogP contribution in [-0.4, -0.2) is 21.4 Å². The Bertz CT molecular complexity index is 323. The first kappa shape index (κ1) is 11.5. The molecule has 0 atom stereocenters. The third-order valence-corrected chi connectivity index (χ3v) is 2.44. The third kappa shape index (κ3) is 2.49. The van der Waals surface area contributed by atoms with Crippen molar-refractivity contribution in [3.05, 3.63) is 16.9 Å². The van der Waals surface area contributed by atoms with Crippen LogP contribution in [-0.2, 0) is 6.54 Å². The zero-order valence-corrected chi connectivity index (χ0v) is 9.48. The predicted octanol–water partition coefficient (Wildman–Crippen LogP) is 2.76. The van der Waals surface area contributed by atoms with E-state index in [4.69, 9.17) is 23.2 Å². The van der Waals surface area contributed by atoms with Crippen molar-refractivity contribution in [1.82, 2.24) is 9.78 Å². The van der Waals surface area contributed by atoms with Crippen LogP contribution in [0.2, 0.25) is 5.02 Å². The molecular weight excluding hydrogens is 223 g/mol. The van der Waals surface area contributed by atoms with Crippen LogP contribution in [0, 0.1) is 0 Å². The summed E-state index contributed by atoms with van der Waals surface area (Å²) < 4.78 is 1.61. The summed E-state index contributed by atoms with van der Waals surface area (Å²) in [5.41, 5.74) is 0.499. The summed E-state index contributed by atoms with van der Waals surface area (Å²) in [7, 11) is 0. The van der Waals surface area contributed by atoms with Gasteiger partial charge in [0.2, 0.25) is 0 Å². The van der Waals surface area contributed by atoms with Gasteiger partial charge >= 0.3 is 0 Å². The first-order chi connectivity index (χ1) is 6.70. The van der Waals surface area contributed by atoms with Crippen LogP contribution >= 0.6 is 23.2 Å². The lowest BCUT2D eigenvalue weighted by Crippen LogP contribution is -2.10. The minimum atomic E-state index is 0.00926. The first-order valence-corrected chi connectivity index (χ1v) is 5.42. The monoisotopic (exact) mass is 234 g/mol. The Balaban J connectivity index is 2.82. The van der Waals surface area contributed by atoms with Gasteiger partial charge in [-0.1, -0.05) is 11.6 Å². The largest absolute Gasteiger partial charge is 0.292 e. The number of ketones is 1. The van der Waals surface area contributed by atoms with Gasteiger partial charge in [-0.05, 0) is 13.3 Å². The fraction of sp³-hybridized carbons (Fsp3) is 0.556. The molecule has 0 N–H and O–H groups in total. The highest BCUT2D eigenvalue weighted by molar-refractivity contribution is 6.33. The summed E-state index contributed by atoms with van der Waals surface area (Å²) in [4.78, 5) is 11.7. The molecular formula is C9H12Cl2N2O. The van der Waals surface area contributed by atoms with Crippen LogP contribution in [0.5, 0.6) is 0 Å². The van der Waals surface area contributed by atoms with E-state index in [0.717, 1.165) is 0 Å². The van der Waals surface area contributed by atoms with Crippen molar-refractivity contribution >= 4 is 29.0 Å². The molecule has 0 fully saturated rings. The standard InChI is InChI=1S/C9H12Cl2N2O/c1-2-13-9(7(11)6-12-13)8(14)4-3-5-10/h6H,2-5H2,1H3. The molecule has 0 amide bonds. The molecule has 1 aromatic heterocycles. The molecule has 78 valence electrons. The van der Waals surface area contributed by atoms with E-state index in [2.05, 4.69) is 5.10 Å². The lowest BCUT2D eigenvalue weighted by atomic mass is 10.2. The number of alkyl halides is 1. The van der Waals surface area contributed by atoms with Crippen molar-refractivity contribution in [3.63, 3.8) is 0 Å². The Morgan fingerprint density at radius 1 is 1.64 bits per heavy atom. The second-order valence-electron chi connectivity index (χ2n) is 2.87. The van der Waals surface area contributed by atoms with Crippen LogP contribution in [0.15, 0.2) is 6.20 Å². The summed E-state index contributed by atoms with van der Waals surface area (Å²) in [6.45, 7) is 2.57. The van der Waals surface area contributed by atoms with Crippen molar-refractivity contribution in [3.8, 4) is 0 Å². The highest BCUT2D eigenvalue weighted by Crippen LogP contribution is 2.17. The van der Waals surface area contributed by atoms with Gasteiger partial charge in [0, 0.05) is 18.8 Å². The minimum Gasteiger partial charge on any atom is -0.292 e. The maximum Gasteiger partial charge on any atom is 0.182 e. The maximum atomic E-state index is 11.7. The molecule has 0 aliphatic rings. The number of aryl methyl sites for hydroxylation is 1. The highest BCUT2D eigenvalue weighted by atomic mass is 35.5. The maximum absolute atomic E-state index is 11.7. The normalized spacial score (nSPS) is 10.5. The van der Waals surface area contributed by atoms with E-state index in [-0.39, 0.29) is 5.78 Å². The molecule has 5 heteroatoms. The number of carbonyl (C=O) groups is 1. The minimum absolute atomic E-state index is 0.00926. The molecule has 1 rings (SSSR count). The zero-order chi connectivity index (χ0) is 10.6. The molecule has 0 spiro atoms. The van der Waals surface area contributed by atoms with E-state index in [1.807, 2.05) is 6.92 Å². The van der Waals surface area contributed by atoms with Gasteiger partial charge in [0.1, 0.15) is 5.69 Å². The van der Waals surface area contributed by atoms with E-state index in [1.54, 1.807) is 4.68 Å². The second-order valence-corrected chi connectivity index (χ2v) is 3.66. The Labute approximate surface area is 93.0 Å². The van der Waals surface area contributed by atoms with Crippen molar-refractivity contribution in [2.75, 3.05) is 5.88 Å². The Morgan fingerprint density at radius 2 is 2.36 bits per heavy atom. The molecule has 0 bridgehead atoms. The van der Waals surface area contributed by atoms with Crippen LogP contribution in [0.25, 0.3) is 0 Å². The van der Waals surface area contributed by atoms with Gasteiger partial charge in [-0.3, -0.25) is 9.48 Å². The van der Waals surface area contributed by atoms with Crippen LogP contribution in [0.3, 0.4) is 0 Å². The number of hydrogen-bond donors (Lipinski definition) is 0. The van der Waals surface area contributed by atoms with Gasteiger partial charge in [0.15, 0.2) is 5.78 Å². The number of carbonyl (C=O) groups excluding carboxylic acids is 1. The average Bonchev–Trinajstić information content (AvgIpc) is 2.56. The zero-order valence-electron chi connectivity index (χ0n) is 7.96. The number of rotatable bonds is 5. The quantitative estimate of drug-likeness (QED) is 0.581. The van der Waals surface area contributed by atoms with Gasteiger partial charge in [-0.15, -0.1) is 11.6 Å². The van der Waals surface area contributed by atoms with E-state index in [9.17, 15) is 4.79 Å². The summed E-state index contributed by atoms with van der Waals surface area (Å²) in [6.07, 6.45) is 2.60. The summed E-state index contributed by atoms with van der Waals surface area (Å²) in [5, 5.41) is 4.42. The molecule has 1 heterocycles. The lowest BCUT2D eigenvalue weighted by molar-refractivity contribution is 0.0972. The van der Waals surface area contributed by atoms with Crippen LogP contribution in [0.4, 0.5) is 0 Å². The van der Waals surface area contributed by atoms with E-state index in [1.165, 1.54) is 6.20 Å². The summed E-state index contributed by atoms with van der Waals surface area (Å²) in [5.74, 6) is 0.499. The van der Waals surface area contributed by atoms with E-state index < -0.39 is 0 Å². The molecule has 0 unspecified atom stereocenters. The van der Waals surface area contributed by atoms with Gasteiger partial charge in [0.05, 0.1) is 11.2 Å². The van der Waals surface area contributed by atoms with E-state index in [0.29, 0.717) is 36.0 Å². The third-order valence-electron chi connectivity index (χ3n) is 1.90. The second kappa shape index (κ2) is 5.37. The topological polar surface area (TPSA) is 34.9 Å². The number of hydrogen-bond acceptors (Lipinski definition) is 2.